The molecule has 5 heteroatoms. The Morgan fingerprint density at radius 1 is 1.00 bits per heavy atom. The molecule has 36 heavy (non-hydrogen) atoms. The highest BCUT2D eigenvalue weighted by atomic mass is 16.5. The quantitative estimate of drug-likeness (QED) is 0.483. The van der Waals surface area contributed by atoms with Gasteiger partial charge in [0.05, 0.1) is 11.5 Å². The number of para-hydroxylation sites is 1. The van der Waals surface area contributed by atoms with Gasteiger partial charge in [-0.25, -0.2) is 4.79 Å². The van der Waals surface area contributed by atoms with Crippen LogP contribution >= 0.6 is 0 Å². The molecule has 2 aromatic rings. The highest BCUT2D eigenvalue weighted by Gasteiger charge is 2.44. The van der Waals surface area contributed by atoms with Crippen LogP contribution in [0.5, 0.6) is 5.75 Å². The molecule has 2 aliphatic carbocycles. The van der Waals surface area contributed by atoms with Crippen molar-refractivity contribution in [2.24, 2.45) is 5.41 Å². The van der Waals surface area contributed by atoms with Crippen molar-refractivity contribution in [3.63, 3.8) is 0 Å². The molecule has 0 bridgehead atoms. The number of hydrogen-bond acceptors (Lipinski definition) is 5. The van der Waals surface area contributed by atoms with Crippen molar-refractivity contribution in [2.45, 2.75) is 77.9 Å². The molecule has 1 saturated carbocycles. The van der Waals surface area contributed by atoms with Crippen LogP contribution in [0, 0.1) is 5.41 Å². The minimum absolute atomic E-state index is 0.0561. The molecular weight excluding hydrogens is 450 g/mol. The molecule has 2 aromatic carbocycles. The Labute approximate surface area is 213 Å². The highest BCUT2D eigenvalue weighted by molar-refractivity contribution is 6.04. The van der Waals surface area contributed by atoms with Crippen LogP contribution in [0.25, 0.3) is 0 Å². The maximum atomic E-state index is 13.7. The second kappa shape index (κ2) is 9.96. The Kier molecular flexibility index (Phi) is 6.74. The number of benzene rings is 2. The first kappa shape index (κ1) is 24.4. The normalized spacial score (nSPS) is 21.8. The number of esters is 1. The van der Waals surface area contributed by atoms with Crippen molar-refractivity contribution in [1.82, 2.24) is 5.32 Å². The number of Topliss-reactive ketones (excluding diaryl/α,β-unsaturated/α-hetero) is 1. The van der Waals surface area contributed by atoms with Gasteiger partial charge < -0.3 is 14.8 Å². The molecule has 1 heterocycles. The van der Waals surface area contributed by atoms with Crippen LogP contribution < -0.4 is 10.1 Å². The lowest BCUT2D eigenvalue weighted by atomic mass is 9.68. The maximum absolute atomic E-state index is 13.7. The zero-order valence-corrected chi connectivity index (χ0v) is 21.4. The summed E-state index contributed by atoms with van der Waals surface area (Å²) < 4.78 is 12.3. The number of rotatable bonds is 6. The van der Waals surface area contributed by atoms with E-state index >= 15 is 0 Å². The summed E-state index contributed by atoms with van der Waals surface area (Å²) >= 11 is 0. The number of dihydropyridines is 1. The zero-order chi connectivity index (χ0) is 25.3. The minimum Gasteiger partial charge on any atom is -0.489 e. The Balaban J connectivity index is 1.56. The largest absolute Gasteiger partial charge is 0.489 e. The summed E-state index contributed by atoms with van der Waals surface area (Å²) in [6, 6.07) is 17.8. The second-order valence-corrected chi connectivity index (χ2v) is 11.1. The topological polar surface area (TPSA) is 64.6 Å². The van der Waals surface area contributed by atoms with Crippen LogP contribution in [0.15, 0.2) is 77.1 Å². The summed E-state index contributed by atoms with van der Waals surface area (Å²) in [4.78, 5) is 27.3. The number of ketones is 1. The van der Waals surface area contributed by atoms with Crippen LogP contribution in [0.3, 0.4) is 0 Å². The molecule has 0 radical (unpaired) electrons. The van der Waals surface area contributed by atoms with Gasteiger partial charge >= 0.3 is 5.97 Å². The van der Waals surface area contributed by atoms with Crippen molar-refractivity contribution in [3.05, 3.63) is 88.3 Å². The van der Waals surface area contributed by atoms with Crippen LogP contribution in [0.1, 0.15) is 76.3 Å². The average molecular weight is 486 g/mol. The average Bonchev–Trinajstić information content (AvgIpc) is 3.35. The summed E-state index contributed by atoms with van der Waals surface area (Å²) in [5.74, 6) is -0.100. The van der Waals surface area contributed by atoms with Crippen molar-refractivity contribution in [1.29, 1.82) is 0 Å². The molecule has 5 nitrogen and oxygen atoms in total. The lowest BCUT2D eigenvalue weighted by Gasteiger charge is -2.39. The van der Waals surface area contributed by atoms with Gasteiger partial charge in [-0.3, -0.25) is 4.79 Å². The van der Waals surface area contributed by atoms with Gasteiger partial charge in [0.25, 0.3) is 0 Å². The third-order valence-corrected chi connectivity index (χ3v) is 7.50. The Morgan fingerprint density at radius 3 is 2.44 bits per heavy atom. The van der Waals surface area contributed by atoms with E-state index in [0.29, 0.717) is 29.9 Å². The number of allylic oxidation sites excluding steroid dienone is 3. The molecule has 0 spiro atoms. The minimum atomic E-state index is -0.522. The Morgan fingerprint density at radius 2 is 1.69 bits per heavy atom. The number of hydrogen-bond donors (Lipinski definition) is 1. The van der Waals surface area contributed by atoms with Crippen molar-refractivity contribution in [2.75, 3.05) is 0 Å². The van der Waals surface area contributed by atoms with E-state index in [0.717, 1.165) is 54.6 Å². The first-order chi connectivity index (χ1) is 17.3. The number of ether oxygens (including phenoxy) is 2. The Bertz CT molecular complexity index is 1220. The van der Waals surface area contributed by atoms with Crippen molar-refractivity contribution in [3.8, 4) is 5.75 Å². The molecule has 0 amide bonds. The smallest absolute Gasteiger partial charge is 0.337 e. The summed E-state index contributed by atoms with van der Waals surface area (Å²) in [7, 11) is 0. The van der Waals surface area contributed by atoms with Gasteiger partial charge in [0.1, 0.15) is 18.5 Å². The van der Waals surface area contributed by atoms with Crippen LogP contribution in [0.4, 0.5) is 0 Å². The summed E-state index contributed by atoms with van der Waals surface area (Å²) in [5, 5.41) is 3.43. The van der Waals surface area contributed by atoms with Crippen LogP contribution in [-0.4, -0.2) is 17.9 Å². The van der Waals surface area contributed by atoms with E-state index in [9.17, 15) is 9.59 Å². The SMILES string of the molecule is CC1=C(C(=O)OC2CCCC2)[C@H](c2ccccc2OCc2ccccc2)C2=C(CC(C)(C)CC2=O)N1. The van der Waals surface area contributed by atoms with Gasteiger partial charge in [-0.15, -0.1) is 0 Å². The first-order valence-corrected chi connectivity index (χ1v) is 13.0. The van der Waals surface area contributed by atoms with E-state index in [4.69, 9.17) is 9.47 Å². The van der Waals surface area contributed by atoms with Gasteiger partial charge in [0.2, 0.25) is 0 Å². The van der Waals surface area contributed by atoms with E-state index in [1.165, 1.54) is 0 Å². The van der Waals surface area contributed by atoms with E-state index in [1.807, 2.05) is 61.5 Å². The van der Waals surface area contributed by atoms with Crippen molar-refractivity contribution < 1.29 is 19.1 Å². The highest BCUT2D eigenvalue weighted by Crippen LogP contribution is 2.48. The molecule has 5 rings (SSSR count). The fraction of sp³-hybridized carbons (Fsp3) is 0.419. The van der Waals surface area contributed by atoms with E-state index in [2.05, 4.69) is 19.2 Å². The van der Waals surface area contributed by atoms with E-state index in [-0.39, 0.29) is 23.3 Å². The monoisotopic (exact) mass is 485 g/mol. The number of carbonyl (C=O) groups excluding carboxylic acids is 2. The molecule has 0 aromatic heterocycles. The molecule has 3 aliphatic rings. The van der Waals surface area contributed by atoms with Gasteiger partial charge in [-0.1, -0.05) is 62.4 Å². The van der Waals surface area contributed by atoms with Gasteiger partial charge in [0, 0.05) is 29.0 Å². The lowest BCUT2D eigenvalue weighted by molar-refractivity contribution is -0.144. The Hall–Kier alpha value is -3.34. The third-order valence-electron chi connectivity index (χ3n) is 7.50. The maximum Gasteiger partial charge on any atom is 0.337 e. The fourth-order valence-corrected chi connectivity index (χ4v) is 5.82. The second-order valence-electron chi connectivity index (χ2n) is 11.1. The van der Waals surface area contributed by atoms with E-state index < -0.39 is 5.92 Å². The molecule has 1 N–H and O–H groups in total. The number of carbonyl (C=O) groups is 2. The lowest BCUT2D eigenvalue weighted by Crippen LogP contribution is -2.39. The summed E-state index contributed by atoms with van der Waals surface area (Å²) in [6.07, 6.45) is 5.09. The predicted molar refractivity (Wildman–Crippen MR) is 139 cm³/mol. The molecule has 1 fully saturated rings. The molecule has 1 aliphatic heterocycles. The summed E-state index contributed by atoms with van der Waals surface area (Å²) in [5.41, 5.74) is 4.60. The number of nitrogens with one attached hydrogen (secondary N) is 1. The molecule has 188 valence electrons. The van der Waals surface area contributed by atoms with Gasteiger partial charge in [-0.2, -0.15) is 0 Å². The third kappa shape index (κ3) is 4.97. The molecule has 0 unspecified atom stereocenters. The standard InChI is InChI=1S/C31H35NO4/c1-20-27(30(34)36-22-13-7-8-14-22)28(29-24(32-20)17-31(2,3)18-25(29)33)23-15-9-10-16-26(23)35-19-21-11-5-4-6-12-21/h4-6,9-12,15-16,22,28,32H,7-8,13-14,17-19H2,1-3H3/t28-/m0/s1. The van der Waals surface area contributed by atoms with E-state index in [1.54, 1.807) is 0 Å². The first-order valence-electron chi connectivity index (χ1n) is 13.0. The molecular formula is C31H35NO4. The molecule has 0 saturated heterocycles. The van der Waals surface area contributed by atoms with Crippen LogP contribution in [0.2, 0.25) is 0 Å². The van der Waals surface area contributed by atoms with Gasteiger partial charge in [0.15, 0.2) is 5.78 Å². The van der Waals surface area contributed by atoms with Gasteiger partial charge in [-0.05, 0) is 56.1 Å². The zero-order valence-electron chi connectivity index (χ0n) is 21.4. The molecule has 1 atom stereocenters. The summed E-state index contributed by atoms with van der Waals surface area (Å²) in [6.45, 7) is 6.55. The fourth-order valence-electron chi connectivity index (χ4n) is 5.82. The van der Waals surface area contributed by atoms with Crippen molar-refractivity contribution >= 4 is 11.8 Å². The van der Waals surface area contributed by atoms with Crippen LogP contribution in [-0.2, 0) is 20.9 Å². The predicted octanol–water partition coefficient (Wildman–Crippen LogP) is 6.36.